The molecule has 0 unspecified atom stereocenters. The quantitative estimate of drug-likeness (QED) is 0.266. The number of rotatable bonds is 8. The molecular weight excluding hydrogens is 572 g/mol. The van der Waals surface area contributed by atoms with E-state index in [0.29, 0.717) is 26.7 Å². The minimum Gasteiger partial charge on any atom is -0.345 e. The Morgan fingerprint density at radius 3 is 2.80 bits per heavy atom. The van der Waals surface area contributed by atoms with Gasteiger partial charge in [-0.25, -0.2) is 4.98 Å². The number of halogens is 2. The predicted octanol–water partition coefficient (Wildman–Crippen LogP) is 5.42. The van der Waals surface area contributed by atoms with Gasteiger partial charge in [-0.3, -0.25) is 14.2 Å². The number of nitrogens with zero attached hydrogens (tertiary/aromatic N) is 4. The van der Waals surface area contributed by atoms with Crippen LogP contribution >= 0.6 is 50.6 Å². The van der Waals surface area contributed by atoms with Gasteiger partial charge in [0.2, 0.25) is 5.91 Å². The van der Waals surface area contributed by atoms with Crippen LogP contribution in [0, 0.1) is 13.8 Å². The molecule has 2 heterocycles. The van der Waals surface area contributed by atoms with Crippen LogP contribution in [-0.4, -0.2) is 37.3 Å². The molecule has 35 heavy (non-hydrogen) atoms. The summed E-state index contributed by atoms with van der Waals surface area (Å²) in [4.78, 5) is 29.3. The second-order valence-electron chi connectivity index (χ2n) is 7.43. The van der Waals surface area contributed by atoms with Crippen molar-refractivity contribution in [2.75, 3.05) is 11.1 Å². The maximum atomic E-state index is 12.8. The van der Waals surface area contributed by atoms with Crippen molar-refractivity contribution in [2.24, 2.45) is 0 Å². The van der Waals surface area contributed by atoms with Crippen LogP contribution in [0.25, 0.3) is 5.69 Å². The van der Waals surface area contributed by atoms with E-state index in [4.69, 9.17) is 11.6 Å². The van der Waals surface area contributed by atoms with Crippen molar-refractivity contribution in [3.63, 3.8) is 0 Å². The standard InChI is InChI=1S/C23H20BrClN6O2S2/c1-13-4-3-5-18(14(13)2)31-19(11-27-21(33)16-10-15(24)6-7-17(16)25)29-30-23(31)35-12-20(32)28-22-26-8-9-34-22/h3-10H,11-12H2,1-2H3,(H,27,33)(H,26,28,32). The van der Waals surface area contributed by atoms with Crippen LogP contribution in [0.1, 0.15) is 27.3 Å². The molecule has 2 aromatic heterocycles. The Morgan fingerprint density at radius 1 is 1.20 bits per heavy atom. The molecule has 8 nitrogen and oxygen atoms in total. The fourth-order valence-electron chi connectivity index (χ4n) is 3.22. The summed E-state index contributed by atoms with van der Waals surface area (Å²) in [7, 11) is 0. The number of thioether (sulfide) groups is 1. The Labute approximate surface area is 223 Å². The highest BCUT2D eigenvalue weighted by Crippen LogP contribution is 2.26. The molecule has 0 aliphatic rings. The first-order valence-corrected chi connectivity index (χ1v) is 13.4. The normalized spacial score (nSPS) is 10.9. The van der Waals surface area contributed by atoms with E-state index in [1.807, 2.05) is 36.6 Å². The molecule has 2 amide bonds. The summed E-state index contributed by atoms with van der Waals surface area (Å²) in [6.45, 7) is 4.15. The molecule has 180 valence electrons. The highest BCUT2D eigenvalue weighted by Gasteiger charge is 2.19. The third-order valence-corrected chi connectivity index (χ3v) is 7.55. The van der Waals surface area contributed by atoms with E-state index in [2.05, 4.69) is 41.7 Å². The number of nitrogens with one attached hydrogen (secondary N) is 2. The van der Waals surface area contributed by atoms with Crippen molar-refractivity contribution in [1.29, 1.82) is 0 Å². The molecule has 12 heteroatoms. The molecule has 0 saturated carbocycles. The van der Waals surface area contributed by atoms with Gasteiger partial charge in [0.1, 0.15) is 0 Å². The average molecular weight is 592 g/mol. The summed E-state index contributed by atoms with van der Waals surface area (Å²) in [5.74, 6) is 0.132. The minimum absolute atomic E-state index is 0.119. The Bertz CT molecular complexity index is 1380. The van der Waals surface area contributed by atoms with E-state index >= 15 is 0 Å². The van der Waals surface area contributed by atoms with E-state index in [0.717, 1.165) is 21.3 Å². The summed E-state index contributed by atoms with van der Waals surface area (Å²) in [5.41, 5.74) is 3.38. The van der Waals surface area contributed by atoms with Crippen LogP contribution in [0.2, 0.25) is 5.02 Å². The maximum Gasteiger partial charge on any atom is 0.253 e. The van der Waals surface area contributed by atoms with Crippen molar-refractivity contribution in [3.8, 4) is 5.69 Å². The minimum atomic E-state index is -0.330. The molecule has 4 rings (SSSR count). The lowest BCUT2D eigenvalue weighted by molar-refractivity contribution is -0.113. The third-order valence-electron chi connectivity index (χ3n) is 5.11. The molecule has 4 aromatic rings. The Hall–Kier alpha value is -2.73. The van der Waals surface area contributed by atoms with Crippen LogP contribution in [0.5, 0.6) is 0 Å². The maximum absolute atomic E-state index is 12.8. The van der Waals surface area contributed by atoms with Gasteiger partial charge in [0.25, 0.3) is 5.91 Å². The van der Waals surface area contributed by atoms with Crippen molar-refractivity contribution >= 4 is 67.6 Å². The first-order valence-electron chi connectivity index (χ1n) is 10.4. The number of carbonyl (C=O) groups is 2. The third kappa shape index (κ3) is 6.10. The van der Waals surface area contributed by atoms with Gasteiger partial charge in [-0.15, -0.1) is 21.5 Å². The highest BCUT2D eigenvalue weighted by molar-refractivity contribution is 9.10. The molecule has 0 aliphatic carbocycles. The lowest BCUT2D eigenvalue weighted by Crippen LogP contribution is -2.25. The lowest BCUT2D eigenvalue weighted by atomic mass is 10.1. The number of carbonyl (C=O) groups excluding carboxylic acids is 2. The van der Waals surface area contributed by atoms with E-state index in [-0.39, 0.29) is 24.1 Å². The molecule has 0 bridgehead atoms. The largest absolute Gasteiger partial charge is 0.345 e. The molecule has 0 saturated heterocycles. The smallest absolute Gasteiger partial charge is 0.253 e. The van der Waals surface area contributed by atoms with Crippen LogP contribution in [0.15, 0.2) is 57.6 Å². The van der Waals surface area contributed by atoms with Crippen molar-refractivity contribution in [2.45, 2.75) is 25.5 Å². The fourth-order valence-corrected chi connectivity index (χ4v) is 5.10. The number of aryl methyl sites for hydroxylation is 1. The summed E-state index contributed by atoms with van der Waals surface area (Å²) in [5, 5.41) is 17.5. The number of hydrogen-bond acceptors (Lipinski definition) is 7. The van der Waals surface area contributed by atoms with Crippen LogP contribution in [-0.2, 0) is 11.3 Å². The predicted molar refractivity (Wildman–Crippen MR) is 143 cm³/mol. The zero-order valence-corrected chi connectivity index (χ0v) is 22.7. The SMILES string of the molecule is Cc1cccc(-n2c(CNC(=O)c3cc(Br)ccc3Cl)nnc2SCC(=O)Nc2nccs2)c1C. The topological polar surface area (TPSA) is 102 Å². The van der Waals surface area contributed by atoms with Gasteiger partial charge in [-0.2, -0.15) is 0 Å². The van der Waals surface area contributed by atoms with Crippen molar-refractivity contribution in [1.82, 2.24) is 25.1 Å². The first kappa shape index (κ1) is 25.4. The van der Waals surface area contributed by atoms with Crippen molar-refractivity contribution < 1.29 is 9.59 Å². The number of hydrogen-bond donors (Lipinski definition) is 2. The molecule has 2 aromatic carbocycles. The molecular formula is C23H20BrClN6O2S2. The van der Waals surface area contributed by atoms with Gasteiger partial charge in [0.05, 0.1) is 28.6 Å². The zero-order chi connectivity index (χ0) is 24.9. The van der Waals surface area contributed by atoms with E-state index in [1.54, 1.807) is 29.8 Å². The lowest BCUT2D eigenvalue weighted by Gasteiger charge is -2.15. The van der Waals surface area contributed by atoms with Gasteiger partial charge in [-0.1, -0.05) is 51.4 Å². The Kier molecular flexibility index (Phi) is 8.22. The van der Waals surface area contributed by atoms with E-state index < -0.39 is 0 Å². The van der Waals surface area contributed by atoms with Crippen LogP contribution < -0.4 is 10.6 Å². The van der Waals surface area contributed by atoms with Crippen molar-refractivity contribution in [3.05, 3.63) is 80.0 Å². The number of aromatic nitrogens is 4. The number of thiazole rings is 1. The molecule has 0 spiro atoms. The van der Waals surface area contributed by atoms with E-state index in [1.165, 1.54) is 23.1 Å². The number of amides is 2. The van der Waals surface area contributed by atoms with Crippen LogP contribution in [0.3, 0.4) is 0 Å². The highest BCUT2D eigenvalue weighted by atomic mass is 79.9. The van der Waals surface area contributed by atoms with Gasteiger partial charge in [-0.05, 0) is 49.2 Å². The van der Waals surface area contributed by atoms with Gasteiger partial charge < -0.3 is 10.6 Å². The fraction of sp³-hybridized carbons (Fsp3) is 0.174. The Balaban J connectivity index is 1.57. The second kappa shape index (κ2) is 11.3. The summed E-state index contributed by atoms with van der Waals surface area (Å²) in [6.07, 6.45) is 1.63. The van der Waals surface area contributed by atoms with Crippen LogP contribution in [0.4, 0.5) is 5.13 Å². The molecule has 0 radical (unpaired) electrons. The number of anilines is 1. The molecule has 0 atom stereocenters. The van der Waals surface area contributed by atoms with Gasteiger partial charge in [0.15, 0.2) is 16.1 Å². The molecule has 0 fully saturated rings. The second-order valence-corrected chi connectivity index (χ2v) is 10.6. The zero-order valence-electron chi connectivity index (χ0n) is 18.7. The average Bonchev–Trinajstić information content (AvgIpc) is 3.49. The monoisotopic (exact) mass is 590 g/mol. The molecule has 2 N–H and O–H groups in total. The first-order chi connectivity index (χ1) is 16.8. The Morgan fingerprint density at radius 2 is 2.03 bits per heavy atom. The van der Waals surface area contributed by atoms with Gasteiger partial charge >= 0.3 is 0 Å². The summed E-state index contributed by atoms with van der Waals surface area (Å²) in [6, 6.07) is 11.0. The summed E-state index contributed by atoms with van der Waals surface area (Å²) < 4.78 is 2.62. The van der Waals surface area contributed by atoms with E-state index in [9.17, 15) is 9.59 Å². The molecule has 0 aliphatic heterocycles. The van der Waals surface area contributed by atoms with Gasteiger partial charge in [0, 0.05) is 16.0 Å². The number of benzene rings is 2. The summed E-state index contributed by atoms with van der Waals surface area (Å²) >= 11 is 12.2.